The molecule has 0 spiro atoms. The number of likely N-dealkylation sites (tertiary alicyclic amines) is 1. The van der Waals surface area contributed by atoms with Crippen LogP contribution >= 0.6 is 0 Å². The van der Waals surface area contributed by atoms with E-state index in [4.69, 9.17) is 0 Å². The minimum absolute atomic E-state index is 0.108. The zero-order valence-electron chi connectivity index (χ0n) is 15.4. The number of carbonyl (C=O) groups is 3. The van der Waals surface area contributed by atoms with Crippen LogP contribution in [-0.2, 0) is 16.0 Å². The molecule has 5 nitrogen and oxygen atoms in total. The Kier molecular flexibility index (Phi) is 6.01. The average Bonchev–Trinajstić information content (AvgIpc) is 2.73. The van der Waals surface area contributed by atoms with E-state index >= 15 is 0 Å². The summed E-state index contributed by atoms with van der Waals surface area (Å²) < 4.78 is 4.67. The normalized spacial score (nSPS) is 16.6. The molecule has 0 radical (unpaired) electrons. The van der Waals surface area contributed by atoms with Gasteiger partial charge in [-0.3, -0.25) is 9.59 Å². The van der Waals surface area contributed by atoms with E-state index in [1.165, 1.54) is 7.11 Å². The van der Waals surface area contributed by atoms with E-state index in [-0.39, 0.29) is 17.6 Å². The molecule has 1 fully saturated rings. The Labute approximate surface area is 158 Å². The second kappa shape index (κ2) is 8.62. The Morgan fingerprint density at radius 3 is 2.33 bits per heavy atom. The van der Waals surface area contributed by atoms with E-state index < -0.39 is 5.97 Å². The average molecular weight is 365 g/mol. The number of ketones is 1. The fourth-order valence-electron chi connectivity index (χ4n) is 3.42. The lowest BCUT2D eigenvalue weighted by Crippen LogP contribution is -2.42. The zero-order chi connectivity index (χ0) is 19.2. The van der Waals surface area contributed by atoms with Gasteiger partial charge < -0.3 is 9.64 Å². The van der Waals surface area contributed by atoms with Crippen LogP contribution in [0.5, 0.6) is 0 Å². The largest absolute Gasteiger partial charge is 0.465 e. The minimum Gasteiger partial charge on any atom is -0.465 e. The number of piperidine rings is 1. The predicted molar refractivity (Wildman–Crippen MR) is 102 cm³/mol. The fourth-order valence-corrected chi connectivity index (χ4v) is 3.42. The van der Waals surface area contributed by atoms with Gasteiger partial charge in [-0.15, -0.1) is 0 Å². The number of hydrogen-bond acceptors (Lipinski definition) is 4. The first-order valence-electron chi connectivity index (χ1n) is 9.13. The summed E-state index contributed by atoms with van der Waals surface area (Å²) in [6, 6.07) is 16.1. The number of ether oxygens (including phenoxy) is 1. The van der Waals surface area contributed by atoms with Gasteiger partial charge in [-0.25, -0.2) is 4.79 Å². The van der Waals surface area contributed by atoms with E-state index in [1.807, 2.05) is 30.3 Å². The highest BCUT2D eigenvalue weighted by Gasteiger charge is 2.28. The molecule has 5 heteroatoms. The van der Waals surface area contributed by atoms with Gasteiger partial charge in [0.1, 0.15) is 5.78 Å². The maximum absolute atomic E-state index is 12.8. The molecule has 1 atom stereocenters. The molecule has 2 aromatic rings. The van der Waals surface area contributed by atoms with Crippen LogP contribution in [-0.4, -0.2) is 42.8 Å². The first-order valence-corrected chi connectivity index (χ1v) is 9.13. The quantitative estimate of drug-likeness (QED) is 0.764. The highest BCUT2D eigenvalue weighted by Crippen LogP contribution is 2.21. The molecule has 1 amide bonds. The molecular formula is C22H23NO4. The molecule has 3 rings (SSSR count). The summed E-state index contributed by atoms with van der Waals surface area (Å²) in [6.45, 7) is 1.09. The first kappa shape index (κ1) is 18.8. The van der Waals surface area contributed by atoms with Crippen molar-refractivity contribution in [2.75, 3.05) is 20.2 Å². The third kappa shape index (κ3) is 4.61. The number of methoxy groups -OCH3 is 1. The molecule has 1 aliphatic rings. The van der Waals surface area contributed by atoms with Crippen LogP contribution in [0, 0.1) is 5.92 Å². The van der Waals surface area contributed by atoms with Gasteiger partial charge in [-0.2, -0.15) is 0 Å². The number of rotatable bonds is 5. The maximum atomic E-state index is 12.8. The fraction of sp³-hybridized carbons (Fsp3) is 0.318. The standard InChI is InChI=1S/C22H23NO4/c1-27-22(26)18-11-9-17(10-12-18)21(25)23-13-5-8-19(15-23)20(24)14-16-6-3-2-4-7-16/h2-4,6-7,9-12,19H,5,8,13-15H2,1H3. The van der Waals surface area contributed by atoms with Crippen molar-refractivity contribution in [1.29, 1.82) is 0 Å². The summed E-state index contributed by atoms with van der Waals surface area (Å²) >= 11 is 0. The van der Waals surface area contributed by atoms with E-state index in [1.54, 1.807) is 29.2 Å². The van der Waals surface area contributed by atoms with Gasteiger partial charge in [-0.1, -0.05) is 30.3 Å². The highest BCUT2D eigenvalue weighted by atomic mass is 16.5. The lowest BCUT2D eigenvalue weighted by molar-refractivity contribution is -0.123. The number of Topliss-reactive ketones (excluding diaryl/α,β-unsaturated/α-hetero) is 1. The van der Waals surface area contributed by atoms with Crippen molar-refractivity contribution in [3.05, 3.63) is 71.3 Å². The molecule has 0 N–H and O–H groups in total. The van der Waals surface area contributed by atoms with Gasteiger partial charge in [0, 0.05) is 31.0 Å². The van der Waals surface area contributed by atoms with Crippen LogP contribution in [0.3, 0.4) is 0 Å². The molecular weight excluding hydrogens is 342 g/mol. The van der Waals surface area contributed by atoms with E-state index in [0.717, 1.165) is 18.4 Å². The van der Waals surface area contributed by atoms with Gasteiger partial charge in [-0.05, 0) is 42.7 Å². The van der Waals surface area contributed by atoms with Crippen molar-refractivity contribution in [2.24, 2.45) is 5.92 Å². The highest BCUT2D eigenvalue weighted by molar-refractivity contribution is 5.96. The van der Waals surface area contributed by atoms with Crippen molar-refractivity contribution >= 4 is 17.7 Å². The summed E-state index contributed by atoms with van der Waals surface area (Å²) in [5, 5.41) is 0. The molecule has 140 valence electrons. The lowest BCUT2D eigenvalue weighted by Gasteiger charge is -2.32. The lowest BCUT2D eigenvalue weighted by atomic mass is 9.90. The molecule has 1 heterocycles. The maximum Gasteiger partial charge on any atom is 0.337 e. The molecule has 1 saturated heterocycles. The van der Waals surface area contributed by atoms with Crippen molar-refractivity contribution < 1.29 is 19.1 Å². The summed E-state index contributed by atoms with van der Waals surface area (Å²) in [6.07, 6.45) is 2.04. The van der Waals surface area contributed by atoms with Crippen LogP contribution in [0.1, 0.15) is 39.1 Å². The summed E-state index contributed by atoms with van der Waals surface area (Å²) in [7, 11) is 1.32. The Balaban J connectivity index is 1.64. The van der Waals surface area contributed by atoms with Gasteiger partial charge >= 0.3 is 5.97 Å². The smallest absolute Gasteiger partial charge is 0.337 e. The molecule has 27 heavy (non-hydrogen) atoms. The van der Waals surface area contributed by atoms with Crippen LogP contribution in [0.15, 0.2) is 54.6 Å². The first-order chi connectivity index (χ1) is 13.1. The van der Waals surface area contributed by atoms with Crippen LogP contribution in [0.25, 0.3) is 0 Å². The third-order valence-corrected chi connectivity index (χ3v) is 4.94. The number of hydrogen-bond donors (Lipinski definition) is 0. The summed E-state index contributed by atoms with van der Waals surface area (Å²) in [5.74, 6) is -0.487. The second-order valence-corrected chi connectivity index (χ2v) is 6.79. The molecule has 1 aliphatic heterocycles. The Morgan fingerprint density at radius 2 is 1.67 bits per heavy atom. The molecule has 0 saturated carbocycles. The monoisotopic (exact) mass is 365 g/mol. The third-order valence-electron chi connectivity index (χ3n) is 4.94. The van der Waals surface area contributed by atoms with Crippen LogP contribution in [0.4, 0.5) is 0 Å². The SMILES string of the molecule is COC(=O)c1ccc(C(=O)N2CCCC(C(=O)Cc3ccccc3)C2)cc1. The van der Waals surface area contributed by atoms with Gasteiger partial charge in [0.2, 0.25) is 0 Å². The van der Waals surface area contributed by atoms with Gasteiger partial charge in [0.05, 0.1) is 12.7 Å². The Bertz CT molecular complexity index is 814. The Morgan fingerprint density at radius 1 is 1.00 bits per heavy atom. The van der Waals surface area contributed by atoms with Crippen molar-refractivity contribution in [2.45, 2.75) is 19.3 Å². The minimum atomic E-state index is -0.432. The van der Waals surface area contributed by atoms with E-state index in [2.05, 4.69) is 4.74 Å². The van der Waals surface area contributed by atoms with Crippen molar-refractivity contribution in [3.8, 4) is 0 Å². The van der Waals surface area contributed by atoms with Crippen molar-refractivity contribution in [1.82, 2.24) is 4.90 Å². The van der Waals surface area contributed by atoms with Crippen LogP contribution < -0.4 is 0 Å². The van der Waals surface area contributed by atoms with E-state index in [9.17, 15) is 14.4 Å². The molecule has 0 aromatic heterocycles. The van der Waals surface area contributed by atoms with Gasteiger partial charge in [0.15, 0.2) is 0 Å². The molecule has 0 aliphatic carbocycles. The predicted octanol–water partition coefficient (Wildman–Crippen LogP) is 3.14. The van der Waals surface area contributed by atoms with Crippen molar-refractivity contribution in [3.63, 3.8) is 0 Å². The molecule has 0 bridgehead atoms. The second-order valence-electron chi connectivity index (χ2n) is 6.79. The number of nitrogens with zero attached hydrogens (tertiary/aromatic N) is 1. The Hall–Kier alpha value is -2.95. The van der Waals surface area contributed by atoms with Crippen LogP contribution in [0.2, 0.25) is 0 Å². The van der Waals surface area contributed by atoms with E-state index in [0.29, 0.717) is 30.6 Å². The summed E-state index contributed by atoms with van der Waals surface area (Å²) in [5.41, 5.74) is 1.92. The molecule has 2 aromatic carbocycles. The number of amides is 1. The van der Waals surface area contributed by atoms with Gasteiger partial charge in [0.25, 0.3) is 5.91 Å². The number of esters is 1. The zero-order valence-corrected chi connectivity index (χ0v) is 15.4. The molecule has 1 unspecified atom stereocenters. The topological polar surface area (TPSA) is 63.7 Å². The number of carbonyl (C=O) groups excluding carboxylic acids is 3. The summed E-state index contributed by atoms with van der Waals surface area (Å²) in [4.78, 5) is 38.7. The number of benzene rings is 2.